The summed E-state index contributed by atoms with van der Waals surface area (Å²) in [7, 11) is 1.77. The van der Waals surface area contributed by atoms with Gasteiger partial charge in [-0.2, -0.15) is 0 Å². The first-order chi connectivity index (χ1) is 35.4. The fourth-order valence-corrected chi connectivity index (χ4v) is 14.1. The van der Waals surface area contributed by atoms with Crippen LogP contribution in [0.15, 0.2) is 53.2 Å². The molecule has 394 valence electrons. The standard InChI is InChI=1S/C58H81N9O6/c1-6-66-50-17-16-42-29-45(50)47(53(66)46-30-43(32-60-51(46)38(2)71-5)64-24-23-63-25-26-72-34-44(63)33-64)31-57(3,4)37-73-56(70)48-15-10-21-67(62-48)55(69)49(28-39-11-9-14-41(42)27-39)61-54(68)52(40-12-7-8-13-40)65-22-19-58(36-65)18-20-59-35-58/h9,11,14,16-17,27,29,32,38,40,43-44,48-49,52,59,62H,6-8,10,12-13,15,18-26,28,30-31,33-37H2,1-5H3,(H,61,68)/t38-,43?,44-,48-,49-,52-,58-/m0/s1. The number of cyclic esters (lactones) is 1. The van der Waals surface area contributed by atoms with Crippen LogP contribution >= 0.6 is 0 Å². The van der Waals surface area contributed by atoms with Gasteiger partial charge in [-0.1, -0.05) is 57.0 Å². The van der Waals surface area contributed by atoms with E-state index in [-0.39, 0.29) is 53.9 Å². The predicted octanol–water partition coefficient (Wildman–Crippen LogP) is 5.83. The molecule has 8 heterocycles. The Kier molecular flexibility index (Phi) is 14.8. The minimum atomic E-state index is -0.842. The van der Waals surface area contributed by atoms with Crippen molar-refractivity contribution in [3.8, 4) is 11.1 Å². The highest BCUT2D eigenvalue weighted by molar-refractivity contribution is 5.95. The van der Waals surface area contributed by atoms with Crippen LogP contribution in [0.2, 0.25) is 0 Å². The van der Waals surface area contributed by atoms with Crippen LogP contribution in [0, 0.1) is 16.7 Å². The van der Waals surface area contributed by atoms with Gasteiger partial charge in [0.25, 0.3) is 5.91 Å². The lowest BCUT2D eigenvalue weighted by Gasteiger charge is -2.46. The normalized spacial score (nSPS) is 29.7. The third kappa shape index (κ3) is 10.3. The summed E-state index contributed by atoms with van der Waals surface area (Å²) in [6.45, 7) is 19.4. The van der Waals surface area contributed by atoms with Gasteiger partial charge < -0.3 is 29.4 Å². The molecule has 1 saturated carbocycles. The lowest BCUT2D eigenvalue weighted by molar-refractivity contribution is -0.155. The number of carbonyl (C=O) groups is 3. The highest BCUT2D eigenvalue weighted by atomic mass is 16.5. The average Bonchev–Trinajstić information content (AvgIpc) is 4.25. The number of ether oxygens (including phenoxy) is 3. The summed E-state index contributed by atoms with van der Waals surface area (Å²) in [6.07, 6.45) is 11.4. The Morgan fingerprint density at radius 3 is 2.62 bits per heavy atom. The Labute approximate surface area is 432 Å². The van der Waals surface area contributed by atoms with E-state index in [0.29, 0.717) is 38.3 Å². The maximum atomic E-state index is 15.0. The Bertz CT molecular complexity index is 2600. The van der Waals surface area contributed by atoms with Gasteiger partial charge in [-0.3, -0.25) is 39.1 Å². The van der Waals surface area contributed by atoms with Gasteiger partial charge in [0.05, 0.1) is 43.4 Å². The number of hydrogen-bond acceptors (Lipinski definition) is 12. The number of morpholine rings is 1. The molecule has 2 amide bonds. The summed E-state index contributed by atoms with van der Waals surface area (Å²) < 4.78 is 20.8. The number of piperazine rings is 1. The smallest absolute Gasteiger partial charge is 0.324 e. The van der Waals surface area contributed by atoms with Crippen molar-refractivity contribution in [2.45, 2.75) is 141 Å². The Morgan fingerprint density at radius 1 is 0.973 bits per heavy atom. The van der Waals surface area contributed by atoms with E-state index in [4.69, 9.17) is 19.2 Å². The van der Waals surface area contributed by atoms with Gasteiger partial charge in [-0.25, -0.2) is 5.43 Å². The molecule has 8 aliphatic rings. The number of methoxy groups -OCH3 is 1. The Balaban J connectivity index is 0.971. The number of nitrogens with one attached hydrogen (secondary N) is 3. The van der Waals surface area contributed by atoms with Crippen LogP contribution in [-0.2, 0) is 48.0 Å². The van der Waals surface area contributed by atoms with Crippen molar-refractivity contribution in [2.24, 2.45) is 21.7 Å². The fraction of sp³-hybridized carbons (Fsp3) is 0.655. The first-order valence-electron chi connectivity index (χ1n) is 28.0. The monoisotopic (exact) mass is 1000 g/mol. The minimum absolute atomic E-state index is 0.0505. The highest BCUT2D eigenvalue weighted by Crippen LogP contribution is 2.44. The third-order valence-corrected chi connectivity index (χ3v) is 18.2. The number of benzene rings is 2. The van der Waals surface area contributed by atoms with Crippen LogP contribution in [0.1, 0.15) is 102 Å². The number of aliphatic imine (C=N–C) groups is 1. The van der Waals surface area contributed by atoms with E-state index in [1.807, 2.05) is 0 Å². The number of aromatic nitrogens is 1. The number of esters is 1. The van der Waals surface area contributed by atoms with E-state index in [9.17, 15) is 9.59 Å². The van der Waals surface area contributed by atoms with Gasteiger partial charge in [0.2, 0.25) is 5.91 Å². The second-order valence-corrected chi connectivity index (χ2v) is 23.7. The molecule has 6 fully saturated rings. The van der Waals surface area contributed by atoms with Crippen molar-refractivity contribution in [2.75, 3.05) is 85.8 Å². The van der Waals surface area contributed by atoms with Crippen molar-refractivity contribution in [1.29, 1.82) is 0 Å². The summed E-state index contributed by atoms with van der Waals surface area (Å²) in [5, 5.41) is 9.74. The third-order valence-electron chi connectivity index (χ3n) is 18.2. The molecule has 3 aromatic rings. The first kappa shape index (κ1) is 50.7. The maximum absolute atomic E-state index is 15.0. The zero-order valence-electron chi connectivity index (χ0n) is 44.3. The first-order valence-corrected chi connectivity index (χ1v) is 28.0. The molecule has 1 aromatic heterocycles. The van der Waals surface area contributed by atoms with Crippen LogP contribution in [0.4, 0.5) is 0 Å². The van der Waals surface area contributed by atoms with E-state index in [0.717, 1.165) is 150 Å². The number of fused-ring (bicyclic) bond motifs is 7. The van der Waals surface area contributed by atoms with Crippen LogP contribution in [-0.4, -0.2) is 170 Å². The Hall–Kier alpha value is -4.48. The van der Waals surface area contributed by atoms with E-state index in [1.54, 1.807) is 12.1 Å². The largest absolute Gasteiger partial charge is 0.464 e. The zero-order valence-corrected chi connectivity index (χ0v) is 44.3. The van der Waals surface area contributed by atoms with Crippen molar-refractivity contribution < 1.29 is 28.6 Å². The summed E-state index contributed by atoms with van der Waals surface area (Å²) in [5.74, 6) is -0.384. The molecule has 15 nitrogen and oxygen atoms in total. The molecule has 73 heavy (non-hydrogen) atoms. The Morgan fingerprint density at radius 2 is 1.81 bits per heavy atom. The number of amides is 2. The molecule has 2 aromatic carbocycles. The molecule has 1 aliphatic carbocycles. The number of hydrogen-bond donors (Lipinski definition) is 3. The van der Waals surface area contributed by atoms with Crippen LogP contribution in [0.5, 0.6) is 0 Å². The van der Waals surface area contributed by atoms with Gasteiger partial charge in [-0.05, 0) is 124 Å². The number of rotatable bonds is 9. The molecule has 6 bridgehead atoms. The van der Waals surface area contributed by atoms with Gasteiger partial charge in [-0.15, -0.1) is 0 Å². The molecular formula is C58H81N9O6. The predicted molar refractivity (Wildman–Crippen MR) is 285 cm³/mol. The number of nitrogens with zero attached hydrogens (tertiary/aromatic N) is 6. The second kappa shape index (κ2) is 21.3. The quantitative estimate of drug-likeness (QED) is 0.223. The van der Waals surface area contributed by atoms with E-state index in [2.05, 4.69) is 112 Å². The number of likely N-dealkylation sites (tertiary alicyclic amines) is 1. The molecule has 7 atom stereocenters. The lowest BCUT2D eigenvalue weighted by Crippen LogP contribution is -2.62. The van der Waals surface area contributed by atoms with Gasteiger partial charge in [0, 0.05) is 106 Å². The maximum Gasteiger partial charge on any atom is 0.324 e. The average molecular weight is 1000 g/mol. The molecule has 5 saturated heterocycles. The molecule has 0 radical (unpaired) electrons. The molecule has 7 aliphatic heterocycles. The summed E-state index contributed by atoms with van der Waals surface area (Å²) in [5.41, 5.74) is 11.8. The fourth-order valence-electron chi connectivity index (χ4n) is 14.1. The lowest BCUT2D eigenvalue weighted by atomic mass is 9.83. The van der Waals surface area contributed by atoms with Gasteiger partial charge in [0.1, 0.15) is 12.1 Å². The number of aryl methyl sites for hydroxylation is 1. The van der Waals surface area contributed by atoms with E-state index >= 15 is 4.79 Å². The SMILES string of the molecule is CCn1c(C2=C([C@H](C)OC)N=CC(N3CCN4CCOC[C@@H]4C3)C2)c2c3cc(ccc31)-c1cccc(c1)C[C@H](NC(=O)[C@H](C1CCCC1)N1CC[C@]3(CCNC3)C1)C(=O)N1CCC[C@H](N1)C(=O)OCC(C)(C)C2. The van der Waals surface area contributed by atoms with Crippen LogP contribution in [0.3, 0.4) is 0 Å². The minimum Gasteiger partial charge on any atom is -0.464 e. The second-order valence-electron chi connectivity index (χ2n) is 23.7. The molecule has 1 spiro atoms. The van der Waals surface area contributed by atoms with E-state index < -0.39 is 17.5 Å². The molecule has 1 unspecified atom stereocenters. The molecular weight excluding hydrogens is 919 g/mol. The van der Waals surface area contributed by atoms with Crippen molar-refractivity contribution in [1.82, 2.24) is 40.3 Å². The van der Waals surface area contributed by atoms with E-state index in [1.165, 1.54) is 16.8 Å². The summed E-state index contributed by atoms with van der Waals surface area (Å²) >= 11 is 0. The van der Waals surface area contributed by atoms with Gasteiger partial charge >= 0.3 is 5.97 Å². The number of hydrazine groups is 1. The van der Waals surface area contributed by atoms with Crippen LogP contribution in [0.25, 0.3) is 27.6 Å². The molecule has 11 rings (SSSR count). The van der Waals surface area contributed by atoms with Gasteiger partial charge in [0.15, 0.2) is 0 Å². The van der Waals surface area contributed by atoms with Crippen molar-refractivity contribution in [3.63, 3.8) is 0 Å². The number of carbonyl (C=O) groups excluding carboxylic acids is 3. The zero-order chi connectivity index (χ0) is 50.4. The van der Waals surface area contributed by atoms with Crippen molar-refractivity contribution in [3.05, 3.63) is 65.0 Å². The molecule has 15 heteroatoms. The topological polar surface area (TPSA) is 145 Å². The molecule has 3 N–H and O–H groups in total. The van der Waals surface area contributed by atoms with Crippen LogP contribution < -0.4 is 16.1 Å². The summed E-state index contributed by atoms with van der Waals surface area (Å²) in [4.78, 5) is 57.2. The highest BCUT2D eigenvalue weighted by Gasteiger charge is 2.47. The van der Waals surface area contributed by atoms with Crippen molar-refractivity contribution >= 4 is 40.5 Å². The summed E-state index contributed by atoms with van der Waals surface area (Å²) in [6, 6.07) is 14.0.